The Labute approximate surface area is 73.7 Å². The van der Waals surface area contributed by atoms with E-state index < -0.39 is 0 Å². The minimum Gasteiger partial charge on any atom is -0.370 e. The highest BCUT2D eigenvalue weighted by Crippen LogP contribution is 1.81. The second kappa shape index (κ2) is 8.04. The molecule has 0 atom stereocenters. The summed E-state index contributed by atoms with van der Waals surface area (Å²) >= 11 is 0. The van der Waals surface area contributed by atoms with Gasteiger partial charge >= 0.3 is 0 Å². The molecule has 0 saturated heterocycles. The van der Waals surface area contributed by atoms with E-state index in [0.717, 1.165) is 0 Å². The average molecular weight is 174 g/mol. The van der Waals surface area contributed by atoms with Gasteiger partial charge in [-0.25, -0.2) is 0 Å². The van der Waals surface area contributed by atoms with Crippen molar-refractivity contribution in [1.82, 2.24) is 4.90 Å². The first kappa shape index (κ1) is 13.5. The molecule has 0 aliphatic rings. The third-order valence-corrected chi connectivity index (χ3v) is 1.15. The van der Waals surface area contributed by atoms with Gasteiger partial charge in [0.1, 0.15) is 0 Å². The standard InChI is InChI=1S/C5H11NO.C3H7NO/c1-4-5(7)6(2)3;1-2-3(4)5/h4H2,1-3H3;2H2,1H3,(H2,4,5). The van der Waals surface area contributed by atoms with E-state index in [0.29, 0.717) is 12.8 Å². The Balaban J connectivity index is 0. The van der Waals surface area contributed by atoms with Crippen LogP contribution in [0.5, 0.6) is 0 Å². The van der Waals surface area contributed by atoms with Gasteiger partial charge in [0.2, 0.25) is 11.8 Å². The molecule has 0 saturated carbocycles. The number of primary amides is 1. The topological polar surface area (TPSA) is 63.4 Å². The molecular weight excluding hydrogens is 156 g/mol. The second-order valence-electron chi connectivity index (χ2n) is 2.46. The molecule has 2 N–H and O–H groups in total. The number of nitrogens with zero attached hydrogens (tertiary/aromatic N) is 1. The quantitative estimate of drug-likeness (QED) is 0.657. The van der Waals surface area contributed by atoms with Gasteiger partial charge < -0.3 is 10.6 Å². The lowest BCUT2D eigenvalue weighted by molar-refractivity contribution is -0.128. The number of hydrogen-bond acceptors (Lipinski definition) is 2. The summed E-state index contributed by atoms with van der Waals surface area (Å²) < 4.78 is 0. The van der Waals surface area contributed by atoms with Crippen molar-refractivity contribution >= 4 is 11.8 Å². The van der Waals surface area contributed by atoms with Gasteiger partial charge in [0.15, 0.2) is 0 Å². The first-order valence-corrected chi connectivity index (χ1v) is 3.94. The van der Waals surface area contributed by atoms with E-state index in [2.05, 4.69) is 5.73 Å². The van der Waals surface area contributed by atoms with Crippen LogP contribution in [0, 0.1) is 0 Å². The summed E-state index contributed by atoms with van der Waals surface area (Å²) in [4.78, 5) is 21.6. The lowest BCUT2D eigenvalue weighted by Gasteiger charge is -2.05. The maximum atomic E-state index is 10.4. The van der Waals surface area contributed by atoms with Gasteiger partial charge in [-0.05, 0) is 0 Å². The number of carbonyl (C=O) groups is 2. The van der Waals surface area contributed by atoms with Crippen molar-refractivity contribution in [3.05, 3.63) is 0 Å². The molecule has 72 valence electrons. The van der Waals surface area contributed by atoms with Gasteiger partial charge in [-0.2, -0.15) is 0 Å². The molecule has 0 fully saturated rings. The third-order valence-electron chi connectivity index (χ3n) is 1.15. The van der Waals surface area contributed by atoms with Crippen molar-refractivity contribution < 1.29 is 9.59 Å². The van der Waals surface area contributed by atoms with Crippen molar-refractivity contribution in [3.8, 4) is 0 Å². The molecule has 2 amide bonds. The smallest absolute Gasteiger partial charge is 0.221 e. The largest absolute Gasteiger partial charge is 0.370 e. The summed E-state index contributed by atoms with van der Waals surface area (Å²) in [6.07, 6.45) is 1.05. The van der Waals surface area contributed by atoms with Crippen LogP contribution in [0.25, 0.3) is 0 Å². The van der Waals surface area contributed by atoms with E-state index in [-0.39, 0.29) is 11.8 Å². The van der Waals surface area contributed by atoms with Crippen LogP contribution in [0.15, 0.2) is 0 Å². The molecule has 4 heteroatoms. The highest BCUT2D eigenvalue weighted by atomic mass is 16.2. The van der Waals surface area contributed by atoms with Gasteiger partial charge in [0.25, 0.3) is 0 Å². The van der Waals surface area contributed by atoms with Crippen LogP contribution in [0.4, 0.5) is 0 Å². The van der Waals surface area contributed by atoms with Crippen LogP contribution >= 0.6 is 0 Å². The van der Waals surface area contributed by atoms with Crippen molar-refractivity contribution in [2.75, 3.05) is 14.1 Å². The second-order valence-corrected chi connectivity index (χ2v) is 2.46. The predicted octanol–water partition coefficient (Wildman–Crippen LogP) is 0.366. The highest BCUT2D eigenvalue weighted by molar-refractivity contribution is 5.75. The van der Waals surface area contributed by atoms with Crippen LogP contribution in [0.2, 0.25) is 0 Å². The molecule has 0 aromatic heterocycles. The first-order chi connectivity index (χ1) is 5.45. The molecule has 0 aliphatic carbocycles. The van der Waals surface area contributed by atoms with Gasteiger partial charge in [-0.15, -0.1) is 0 Å². The van der Waals surface area contributed by atoms with Crippen molar-refractivity contribution in [3.63, 3.8) is 0 Å². The fourth-order valence-electron chi connectivity index (χ4n) is 0.316. The molecule has 0 aliphatic heterocycles. The summed E-state index contributed by atoms with van der Waals surface area (Å²) in [5, 5.41) is 0. The molecule has 0 heterocycles. The monoisotopic (exact) mass is 174 g/mol. The summed E-state index contributed by atoms with van der Waals surface area (Å²) in [6.45, 7) is 3.57. The first-order valence-electron chi connectivity index (χ1n) is 3.94. The number of amides is 2. The van der Waals surface area contributed by atoms with Gasteiger partial charge in [-0.1, -0.05) is 13.8 Å². The Bertz CT molecular complexity index is 144. The molecule has 0 rings (SSSR count). The fourth-order valence-corrected chi connectivity index (χ4v) is 0.316. The number of nitrogens with two attached hydrogens (primary N) is 1. The van der Waals surface area contributed by atoms with E-state index in [4.69, 9.17) is 0 Å². The molecule has 0 aromatic carbocycles. The van der Waals surface area contributed by atoms with E-state index in [9.17, 15) is 9.59 Å². The molecule has 0 radical (unpaired) electrons. The van der Waals surface area contributed by atoms with Gasteiger partial charge in [0, 0.05) is 26.9 Å². The van der Waals surface area contributed by atoms with Gasteiger partial charge in [-0.3, -0.25) is 9.59 Å². The minimum absolute atomic E-state index is 0.181. The van der Waals surface area contributed by atoms with E-state index in [1.165, 1.54) is 0 Å². The zero-order valence-electron chi connectivity index (χ0n) is 8.26. The Morgan fingerprint density at radius 3 is 1.50 bits per heavy atom. The molecule has 12 heavy (non-hydrogen) atoms. The zero-order chi connectivity index (χ0) is 10.1. The maximum Gasteiger partial charge on any atom is 0.221 e. The molecule has 0 aromatic rings. The van der Waals surface area contributed by atoms with E-state index in [1.54, 1.807) is 25.9 Å². The van der Waals surface area contributed by atoms with Crippen molar-refractivity contribution in [2.24, 2.45) is 5.73 Å². The van der Waals surface area contributed by atoms with Crippen molar-refractivity contribution in [2.45, 2.75) is 26.7 Å². The van der Waals surface area contributed by atoms with Crippen LogP contribution in [0.1, 0.15) is 26.7 Å². The molecule has 4 nitrogen and oxygen atoms in total. The van der Waals surface area contributed by atoms with E-state index in [1.807, 2.05) is 6.92 Å². The highest BCUT2D eigenvalue weighted by Gasteiger charge is 1.95. The molecular formula is C8H18N2O2. The van der Waals surface area contributed by atoms with Crippen LogP contribution < -0.4 is 5.73 Å². The summed E-state index contributed by atoms with van der Waals surface area (Å²) in [5.41, 5.74) is 4.65. The summed E-state index contributed by atoms with van der Waals surface area (Å²) in [6, 6.07) is 0. The number of rotatable bonds is 2. The number of carbonyl (C=O) groups excluding carboxylic acids is 2. The average Bonchev–Trinajstić information content (AvgIpc) is 2.04. The SMILES string of the molecule is CCC(=O)N(C)C.CCC(N)=O. The Hall–Kier alpha value is -1.06. The Kier molecular flexibility index (Phi) is 9.06. The van der Waals surface area contributed by atoms with Crippen molar-refractivity contribution in [1.29, 1.82) is 0 Å². The predicted molar refractivity (Wildman–Crippen MR) is 48.5 cm³/mol. The summed E-state index contributed by atoms with van der Waals surface area (Å²) in [5.74, 6) is -0.0648. The maximum absolute atomic E-state index is 10.4. The normalized spacial score (nSPS) is 8.00. The molecule has 0 spiro atoms. The van der Waals surface area contributed by atoms with Gasteiger partial charge in [0.05, 0.1) is 0 Å². The minimum atomic E-state index is -0.245. The summed E-state index contributed by atoms with van der Waals surface area (Å²) in [7, 11) is 3.51. The third kappa shape index (κ3) is 11.7. The Morgan fingerprint density at radius 1 is 1.17 bits per heavy atom. The lowest BCUT2D eigenvalue weighted by atomic mass is 10.4. The van der Waals surface area contributed by atoms with Crippen LogP contribution in [0.3, 0.4) is 0 Å². The van der Waals surface area contributed by atoms with Crippen LogP contribution in [-0.4, -0.2) is 30.8 Å². The fraction of sp³-hybridized carbons (Fsp3) is 0.750. The van der Waals surface area contributed by atoms with Crippen LogP contribution in [-0.2, 0) is 9.59 Å². The Morgan fingerprint density at radius 2 is 1.50 bits per heavy atom. The molecule has 0 bridgehead atoms. The zero-order valence-corrected chi connectivity index (χ0v) is 8.26. The lowest BCUT2D eigenvalue weighted by Crippen LogP contribution is -2.19. The van der Waals surface area contributed by atoms with E-state index >= 15 is 0 Å². The molecule has 0 unspecified atom stereocenters. The number of hydrogen-bond donors (Lipinski definition) is 1.